The summed E-state index contributed by atoms with van der Waals surface area (Å²) in [6.07, 6.45) is 3.05. The van der Waals surface area contributed by atoms with E-state index in [0.717, 1.165) is 19.0 Å². The molecule has 1 aliphatic carbocycles. The summed E-state index contributed by atoms with van der Waals surface area (Å²) in [5, 5.41) is 16.6. The molecular formula is C13H18N4O3. The largest absolute Gasteiger partial charge is 0.370 e. The number of nitrogens with zero attached hydrogens (tertiary/aromatic N) is 2. The third-order valence-electron chi connectivity index (χ3n) is 3.38. The minimum Gasteiger partial charge on any atom is -0.370 e. The number of carbonyl (C=O) groups excluding carboxylic acids is 1. The number of amides is 1. The van der Waals surface area contributed by atoms with Crippen LogP contribution in [0.4, 0.5) is 11.5 Å². The van der Waals surface area contributed by atoms with Gasteiger partial charge in [-0.15, -0.1) is 0 Å². The summed E-state index contributed by atoms with van der Waals surface area (Å²) in [6, 6.07) is 1.42. The smallest absolute Gasteiger partial charge is 0.288 e. The molecule has 108 valence electrons. The molecule has 0 atom stereocenters. The van der Waals surface area contributed by atoms with E-state index >= 15 is 0 Å². The Hall–Kier alpha value is -2.18. The number of pyridine rings is 1. The van der Waals surface area contributed by atoms with Crippen molar-refractivity contribution in [2.75, 3.05) is 11.9 Å². The van der Waals surface area contributed by atoms with Crippen LogP contribution >= 0.6 is 0 Å². The van der Waals surface area contributed by atoms with E-state index in [1.165, 1.54) is 6.07 Å². The average molecular weight is 278 g/mol. The SMILES string of the molecule is CCNc1ncc([N+](=O)[O-])cc1C(=O)NC1CC(C)C1. The highest BCUT2D eigenvalue weighted by molar-refractivity contribution is 5.99. The Bertz CT molecular complexity index is 526. The van der Waals surface area contributed by atoms with Crippen LogP contribution in [0.3, 0.4) is 0 Å². The molecule has 1 aliphatic rings. The minimum atomic E-state index is -0.551. The number of nitro groups is 1. The van der Waals surface area contributed by atoms with E-state index in [-0.39, 0.29) is 23.2 Å². The van der Waals surface area contributed by atoms with Crippen LogP contribution < -0.4 is 10.6 Å². The zero-order valence-corrected chi connectivity index (χ0v) is 11.5. The van der Waals surface area contributed by atoms with E-state index in [0.29, 0.717) is 18.3 Å². The molecule has 7 heteroatoms. The third-order valence-corrected chi connectivity index (χ3v) is 3.38. The van der Waals surface area contributed by atoms with Crippen molar-refractivity contribution < 1.29 is 9.72 Å². The molecule has 0 aliphatic heterocycles. The van der Waals surface area contributed by atoms with Gasteiger partial charge in [0.2, 0.25) is 0 Å². The Morgan fingerprint density at radius 2 is 2.25 bits per heavy atom. The molecule has 0 unspecified atom stereocenters. The molecule has 1 aromatic rings. The maximum Gasteiger partial charge on any atom is 0.288 e. The molecule has 1 heterocycles. The van der Waals surface area contributed by atoms with E-state index in [4.69, 9.17) is 0 Å². The van der Waals surface area contributed by atoms with Crippen molar-refractivity contribution >= 4 is 17.4 Å². The maximum absolute atomic E-state index is 12.2. The maximum atomic E-state index is 12.2. The first-order chi connectivity index (χ1) is 9.51. The van der Waals surface area contributed by atoms with Crippen molar-refractivity contribution in [1.29, 1.82) is 0 Å². The third kappa shape index (κ3) is 3.04. The van der Waals surface area contributed by atoms with Gasteiger partial charge in [-0.3, -0.25) is 14.9 Å². The monoisotopic (exact) mass is 278 g/mol. The second-order valence-electron chi connectivity index (χ2n) is 5.12. The summed E-state index contributed by atoms with van der Waals surface area (Å²) in [5.74, 6) is 0.689. The molecule has 0 bridgehead atoms. The van der Waals surface area contributed by atoms with Crippen LogP contribution in [0.15, 0.2) is 12.3 Å². The van der Waals surface area contributed by atoms with Crippen molar-refractivity contribution in [1.82, 2.24) is 10.3 Å². The molecule has 1 amide bonds. The molecular weight excluding hydrogens is 260 g/mol. The molecule has 0 spiro atoms. The second-order valence-corrected chi connectivity index (χ2v) is 5.12. The summed E-state index contributed by atoms with van der Waals surface area (Å²) in [5.41, 5.74) is 0.0411. The van der Waals surface area contributed by atoms with Gasteiger partial charge < -0.3 is 10.6 Å². The van der Waals surface area contributed by atoms with Gasteiger partial charge in [0.05, 0.1) is 10.5 Å². The first-order valence-corrected chi connectivity index (χ1v) is 6.70. The van der Waals surface area contributed by atoms with Gasteiger partial charge in [-0.1, -0.05) is 6.92 Å². The number of carbonyl (C=O) groups is 1. The van der Waals surface area contributed by atoms with Crippen molar-refractivity contribution in [3.05, 3.63) is 27.9 Å². The first kappa shape index (κ1) is 14.2. The Morgan fingerprint density at radius 3 is 2.80 bits per heavy atom. The van der Waals surface area contributed by atoms with Gasteiger partial charge in [-0.2, -0.15) is 0 Å². The molecule has 7 nitrogen and oxygen atoms in total. The molecule has 1 aromatic heterocycles. The Kier molecular flexibility index (Phi) is 4.16. The van der Waals surface area contributed by atoms with Crippen LogP contribution in [0.25, 0.3) is 0 Å². The Balaban J connectivity index is 2.19. The van der Waals surface area contributed by atoms with E-state index < -0.39 is 4.92 Å². The molecule has 0 saturated heterocycles. The zero-order valence-electron chi connectivity index (χ0n) is 11.5. The first-order valence-electron chi connectivity index (χ1n) is 6.70. The molecule has 0 aromatic carbocycles. The van der Waals surface area contributed by atoms with Gasteiger partial charge in [-0.25, -0.2) is 4.98 Å². The normalized spacial score (nSPS) is 20.9. The van der Waals surface area contributed by atoms with E-state index in [1.54, 1.807) is 0 Å². The van der Waals surface area contributed by atoms with Gasteiger partial charge in [0, 0.05) is 18.7 Å². The van der Waals surface area contributed by atoms with Gasteiger partial charge in [-0.05, 0) is 25.7 Å². The van der Waals surface area contributed by atoms with Gasteiger partial charge in [0.25, 0.3) is 11.6 Å². The molecule has 2 N–H and O–H groups in total. The van der Waals surface area contributed by atoms with Crippen LogP contribution in [0.1, 0.15) is 37.0 Å². The summed E-state index contributed by atoms with van der Waals surface area (Å²) in [6.45, 7) is 4.59. The highest BCUT2D eigenvalue weighted by atomic mass is 16.6. The lowest BCUT2D eigenvalue weighted by atomic mass is 9.82. The van der Waals surface area contributed by atoms with E-state index in [9.17, 15) is 14.9 Å². The summed E-state index contributed by atoms with van der Waals surface area (Å²) >= 11 is 0. The average Bonchev–Trinajstić information content (AvgIpc) is 2.37. The van der Waals surface area contributed by atoms with Crippen LogP contribution in [-0.2, 0) is 0 Å². The number of aromatic nitrogens is 1. The summed E-state index contributed by atoms with van der Waals surface area (Å²) in [4.78, 5) is 26.4. The number of anilines is 1. The fourth-order valence-electron chi connectivity index (χ4n) is 2.32. The Labute approximate surface area is 116 Å². The molecule has 1 fully saturated rings. The highest BCUT2D eigenvalue weighted by Gasteiger charge is 2.28. The lowest BCUT2D eigenvalue weighted by Gasteiger charge is -2.33. The minimum absolute atomic E-state index is 0.159. The lowest BCUT2D eigenvalue weighted by Crippen LogP contribution is -2.43. The predicted molar refractivity (Wildman–Crippen MR) is 74.7 cm³/mol. The van der Waals surface area contributed by atoms with Crippen LogP contribution in [0.5, 0.6) is 0 Å². The van der Waals surface area contributed by atoms with Gasteiger partial charge in [0.1, 0.15) is 12.0 Å². The molecule has 1 saturated carbocycles. The number of hydrogen-bond acceptors (Lipinski definition) is 5. The lowest BCUT2D eigenvalue weighted by molar-refractivity contribution is -0.385. The number of rotatable bonds is 5. The molecule has 20 heavy (non-hydrogen) atoms. The fourth-order valence-corrected chi connectivity index (χ4v) is 2.32. The van der Waals surface area contributed by atoms with Crippen LogP contribution in [0.2, 0.25) is 0 Å². The van der Waals surface area contributed by atoms with Crippen molar-refractivity contribution in [3.63, 3.8) is 0 Å². The zero-order chi connectivity index (χ0) is 14.7. The fraction of sp³-hybridized carbons (Fsp3) is 0.538. The van der Waals surface area contributed by atoms with Crippen molar-refractivity contribution in [2.45, 2.75) is 32.7 Å². The van der Waals surface area contributed by atoms with E-state index in [2.05, 4.69) is 22.5 Å². The molecule has 0 radical (unpaired) electrons. The topological polar surface area (TPSA) is 97.2 Å². The summed E-state index contributed by atoms with van der Waals surface area (Å²) in [7, 11) is 0. The molecule has 2 rings (SSSR count). The quantitative estimate of drug-likeness (QED) is 0.633. The standard InChI is InChI=1S/C13H18N4O3/c1-3-14-12-11(6-10(7-15-12)17(19)20)13(18)16-9-4-8(2)5-9/h6-9H,3-5H2,1-2H3,(H,14,15)(H,16,18). The predicted octanol–water partition coefficient (Wildman–Crippen LogP) is 1.95. The highest BCUT2D eigenvalue weighted by Crippen LogP contribution is 2.27. The Morgan fingerprint density at radius 1 is 1.55 bits per heavy atom. The van der Waals surface area contributed by atoms with Gasteiger partial charge >= 0.3 is 0 Å². The summed E-state index contributed by atoms with van der Waals surface area (Å²) < 4.78 is 0. The van der Waals surface area contributed by atoms with Gasteiger partial charge in [0.15, 0.2) is 0 Å². The van der Waals surface area contributed by atoms with Crippen molar-refractivity contribution in [2.24, 2.45) is 5.92 Å². The van der Waals surface area contributed by atoms with E-state index in [1.807, 2.05) is 6.92 Å². The second kappa shape index (κ2) is 5.85. The number of hydrogen-bond donors (Lipinski definition) is 2. The van der Waals surface area contributed by atoms with Crippen LogP contribution in [-0.4, -0.2) is 28.4 Å². The van der Waals surface area contributed by atoms with Crippen molar-refractivity contribution in [3.8, 4) is 0 Å². The number of nitrogens with one attached hydrogen (secondary N) is 2. The van der Waals surface area contributed by atoms with Crippen LogP contribution in [0, 0.1) is 16.0 Å².